The summed E-state index contributed by atoms with van der Waals surface area (Å²) >= 11 is 0. The van der Waals surface area contributed by atoms with Crippen molar-refractivity contribution < 1.29 is 9.53 Å². The first kappa shape index (κ1) is 15.4. The Morgan fingerprint density at radius 1 is 1.35 bits per heavy atom. The van der Waals surface area contributed by atoms with Crippen LogP contribution in [-0.4, -0.2) is 41.8 Å². The largest absolute Gasteiger partial charge is 0.444 e. The summed E-state index contributed by atoms with van der Waals surface area (Å²) in [6.45, 7) is 7.47. The van der Waals surface area contributed by atoms with Crippen LogP contribution in [-0.2, 0) is 4.74 Å². The molecule has 0 radical (unpaired) electrons. The Balaban J connectivity index is 1.81. The molecular formula is C16H28N2O2. The number of carbonyl (C=O) groups is 1. The van der Waals surface area contributed by atoms with Crippen molar-refractivity contribution in [3.05, 3.63) is 12.2 Å². The number of ether oxygens (including phenoxy) is 1. The molecular weight excluding hydrogens is 252 g/mol. The minimum Gasteiger partial charge on any atom is -0.444 e. The van der Waals surface area contributed by atoms with Gasteiger partial charge in [-0.1, -0.05) is 12.2 Å². The number of rotatable bonds is 3. The van der Waals surface area contributed by atoms with E-state index in [2.05, 4.69) is 17.5 Å². The molecule has 2 rings (SSSR count). The van der Waals surface area contributed by atoms with Crippen molar-refractivity contribution in [1.29, 1.82) is 0 Å². The predicted molar refractivity (Wildman–Crippen MR) is 80.7 cm³/mol. The molecule has 0 saturated carbocycles. The van der Waals surface area contributed by atoms with Gasteiger partial charge in [0.2, 0.25) is 0 Å². The molecule has 0 aromatic carbocycles. The Kier molecular flexibility index (Phi) is 5.08. The zero-order valence-corrected chi connectivity index (χ0v) is 13.0. The summed E-state index contributed by atoms with van der Waals surface area (Å²) in [5, 5.41) is 3.61. The monoisotopic (exact) mass is 280 g/mol. The number of hydrogen-bond donors (Lipinski definition) is 1. The minimum atomic E-state index is -0.411. The van der Waals surface area contributed by atoms with Gasteiger partial charge in [0.25, 0.3) is 0 Å². The molecule has 1 fully saturated rings. The fourth-order valence-corrected chi connectivity index (χ4v) is 2.89. The number of carbonyl (C=O) groups excluding carboxylic acids is 1. The maximum absolute atomic E-state index is 12.2. The van der Waals surface area contributed by atoms with Crippen LogP contribution in [0, 0.1) is 0 Å². The quantitative estimate of drug-likeness (QED) is 0.808. The molecule has 0 spiro atoms. The SMILES string of the molecule is CC(C)(C)OC(=O)N1CCCC1CNC1CC=CCC1. The molecule has 4 heteroatoms. The van der Waals surface area contributed by atoms with Crippen molar-refractivity contribution in [2.75, 3.05) is 13.1 Å². The molecule has 20 heavy (non-hydrogen) atoms. The van der Waals surface area contributed by atoms with Gasteiger partial charge in [-0.25, -0.2) is 4.79 Å². The molecule has 114 valence electrons. The highest BCUT2D eigenvalue weighted by Crippen LogP contribution is 2.21. The van der Waals surface area contributed by atoms with Gasteiger partial charge in [-0.05, 0) is 52.9 Å². The molecule has 1 amide bonds. The highest BCUT2D eigenvalue weighted by molar-refractivity contribution is 5.69. The zero-order chi connectivity index (χ0) is 14.6. The number of allylic oxidation sites excluding steroid dienone is 1. The topological polar surface area (TPSA) is 41.6 Å². The molecule has 2 aliphatic rings. The normalized spacial score (nSPS) is 26.9. The van der Waals surface area contributed by atoms with Crippen LogP contribution >= 0.6 is 0 Å². The third kappa shape index (κ3) is 4.51. The molecule has 0 aromatic rings. The molecule has 4 nitrogen and oxygen atoms in total. The van der Waals surface area contributed by atoms with E-state index in [1.54, 1.807) is 0 Å². The van der Waals surface area contributed by atoms with Gasteiger partial charge in [0.1, 0.15) is 5.60 Å². The summed E-state index contributed by atoms with van der Waals surface area (Å²) in [6.07, 6.45) is 9.98. The number of hydrogen-bond acceptors (Lipinski definition) is 3. The van der Waals surface area contributed by atoms with Gasteiger partial charge in [0, 0.05) is 25.2 Å². The van der Waals surface area contributed by atoms with E-state index in [1.807, 2.05) is 25.7 Å². The second-order valence-corrected chi connectivity index (χ2v) is 6.86. The average Bonchev–Trinajstić information content (AvgIpc) is 2.84. The van der Waals surface area contributed by atoms with Crippen LogP contribution in [0.25, 0.3) is 0 Å². The smallest absolute Gasteiger partial charge is 0.410 e. The Morgan fingerprint density at radius 3 is 2.80 bits per heavy atom. The molecule has 1 N–H and O–H groups in total. The number of amides is 1. The minimum absolute atomic E-state index is 0.162. The van der Waals surface area contributed by atoms with Gasteiger partial charge in [0.05, 0.1) is 0 Å². The fourth-order valence-electron chi connectivity index (χ4n) is 2.89. The average molecular weight is 280 g/mol. The van der Waals surface area contributed by atoms with Crippen LogP contribution in [0.5, 0.6) is 0 Å². The second-order valence-electron chi connectivity index (χ2n) is 6.86. The van der Waals surface area contributed by atoms with Crippen LogP contribution in [0.15, 0.2) is 12.2 Å². The van der Waals surface area contributed by atoms with Gasteiger partial charge in [0.15, 0.2) is 0 Å². The van der Waals surface area contributed by atoms with Crippen LogP contribution < -0.4 is 5.32 Å². The van der Waals surface area contributed by atoms with E-state index >= 15 is 0 Å². The van der Waals surface area contributed by atoms with E-state index in [9.17, 15) is 4.79 Å². The predicted octanol–water partition coefficient (Wildman–Crippen LogP) is 3.08. The fraction of sp³-hybridized carbons (Fsp3) is 0.812. The van der Waals surface area contributed by atoms with Crippen molar-refractivity contribution in [3.8, 4) is 0 Å². The molecule has 1 aliphatic carbocycles. The van der Waals surface area contributed by atoms with Crippen molar-refractivity contribution in [3.63, 3.8) is 0 Å². The summed E-state index contributed by atoms with van der Waals surface area (Å²) in [6, 6.07) is 0.858. The molecule has 2 unspecified atom stereocenters. The number of likely N-dealkylation sites (tertiary alicyclic amines) is 1. The standard InChI is InChI=1S/C16H28N2O2/c1-16(2,3)20-15(19)18-11-7-10-14(18)12-17-13-8-5-4-6-9-13/h4-5,13-14,17H,6-12H2,1-3H3. The first-order valence-electron chi connectivity index (χ1n) is 7.84. The Morgan fingerprint density at radius 2 is 2.15 bits per heavy atom. The van der Waals surface area contributed by atoms with Crippen molar-refractivity contribution in [1.82, 2.24) is 10.2 Å². The number of nitrogens with zero attached hydrogens (tertiary/aromatic N) is 1. The molecule has 1 saturated heterocycles. The van der Waals surface area contributed by atoms with Gasteiger partial charge in [-0.2, -0.15) is 0 Å². The summed E-state index contributed by atoms with van der Waals surface area (Å²) in [4.78, 5) is 14.1. The van der Waals surface area contributed by atoms with Gasteiger partial charge < -0.3 is 15.0 Å². The van der Waals surface area contributed by atoms with Crippen LogP contribution in [0.3, 0.4) is 0 Å². The third-order valence-corrected chi connectivity index (χ3v) is 3.92. The van der Waals surface area contributed by atoms with Gasteiger partial charge >= 0.3 is 6.09 Å². The Bertz CT molecular complexity index is 360. The van der Waals surface area contributed by atoms with E-state index in [0.717, 1.165) is 38.8 Å². The van der Waals surface area contributed by atoms with Gasteiger partial charge in [-0.3, -0.25) is 0 Å². The molecule has 1 aliphatic heterocycles. The van der Waals surface area contributed by atoms with Crippen LogP contribution in [0.1, 0.15) is 52.9 Å². The first-order valence-corrected chi connectivity index (χ1v) is 7.84. The summed E-state index contributed by atoms with van der Waals surface area (Å²) in [7, 11) is 0. The zero-order valence-electron chi connectivity index (χ0n) is 13.0. The van der Waals surface area contributed by atoms with E-state index in [1.165, 1.54) is 6.42 Å². The van der Waals surface area contributed by atoms with Crippen LogP contribution in [0.2, 0.25) is 0 Å². The highest BCUT2D eigenvalue weighted by Gasteiger charge is 2.32. The summed E-state index contributed by atoms with van der Waals surface area (Å²) in [5.41, 5.74) is -0.411. The second kappa shape index (κ2) is 6.61. The third-order valence-electron chi connectivity index (χ3n) is 3.92. The maximum atomic E-state index is 12.2. The van der Waals surface area contributed by atoms with E-state index in [-0.39, 0.29) is 12.1 Å². The molecule has 0 aromatic heterocycles. The van der Waals surface area contributed by atoms with Crippen LogP contribution in [0.4, 0.5) is 4.79 Å². The van der Waals surface area contributed by atoms with E-state index in [4.69, 9.17) is 4.74 Å². The van der Waals surface area contributed by atoms with E-state index in [0.29, 0.717) is 6.04 Å². The lowest BCUT2D eigenvalue weighted by molar-refractivity contribution is 0.0224. The van der Waals surface area contributed by atoms with Gasteiger partial charge in [-0.15, -0.1) is 0 Å². The Labute approximate surface area is 122 Å². The van der Waals surface area contributed by atoms with Crippen molar-refractivity contribution in [2.24, 2.45) is 0 Å². The lowest BCUT2D eigenvalue weighted by Crippen LogP contribution is -2.46. The summed E-state index contributed by atoms with van der Waals surface area (Å²) < 4.78 is 5.49. The molecule has 2 atom stereocenters. The lowest BCUT2D eigenvalue weighted by Gasteiger charge is -2.30. The lowest BCUT2D eigenvalue weighted by atomic mass is 10.0. The van der Waals surface area contributed by atoms with Crippen molar-refractivity contribution in [2.45, 2.75) is 70.6 Å². The Hall–Kier alpha value is -1.03. The molecule has 0 bridgehead atoms. The van der Waals surface area contributed by atoms with E-state index < -0.39 is 5.60 Å². The maximum Gasteiger partial charge on any atom is 0.410 e. The number of nitrogens with one attached hydrogen (secondary N) is 1. The highest BCUT2D eigenvalue weighted by atomic mass is 16.6. The van der Waals surface area contributed by atoms with Crippen molar-refractivity contribution >= 4 is 6.09 Å². The summed E-state index contributed by atoms with van der Waals surface area (Å²) in [5.74, 6) is 0. The first-order chi connectivity index (χ1) is 9.46. The molecule has 1 heterocycles.